The molecule has 0 bridgehead atoms. The number of anilines is 1. The largest absolute Gasteiger partial charge is 0.374 e. The Morgan fingerprint density at radius 3 is 2.68 bits per heavy atom. The number of carbonyl (C=O) groups is 1. The molecule has 0 atom stereocenters. The Morgan fingerprint density at radius 1 is 1.37 bits per heavy atom. The topological polar surface area (TPSA) is 32.3 Å². The molecule has 1 aromatic carbocycles. The van der Waals surface area contributed by atoms with Gasteiger partial charge >= 0.3 is 0 Å². The zero-order valence-electron chi connectivity index (χ0n) is 11.0. The summed E-state index contributed by atoms with van der Waals surface area (Å²) in [4.78, 5) is 13.7. The third-order valence-electron chi connectivity index (χ3n) is 3.50. The van der Waals surface area contributed by atoms with Crippen LogP contribution in [0.4, 0.5) is 14.5 Å². The summed E-state index contributed by atoms with van der Waals surface area (Å²) in [5.74, 6) is -0.693. The standard InChI is InChI=1S/C14H18F2N2O/c1-10-4-6-18(7-5-10)14(19)9-17-13-3-2-11(15)8-12(13)16/h2-3,8,10,17H,4-7,9H2,1H3. The van der Waals surface area contributed by atoms with Crippen molar-refractivity contribution in [3.05, 3.63) is 29.8 Å². The number of piperidine rings is 1. The molecule has 1 amide bonds. The van der Waals surface area contributed by atoms with Gasteiger partial charge in [-0.1, -0.05) is 6.92 Å². The van der Waals surface area contributed by atoms with Gasteiger partial charge in [0.2, 0.25) is 5.91 Å². The monoisotopic (exact) mass is 268 g/mol. The van der Waals surface area contributed by atoms with E-state index in [0.29, 0.717) is 5.92 Å². The molecule has 1 heterocycles. The van der Waals surface area contributed by atoms with Gasteiger partial charge in [0, 0.05) is 19.2 Å². The number of rotatable bonds is 3. The van der Waals surface area contributed by atoms with Crippen LogP contribution >= 0.6 is 0 Å². The minimum atomic E-state index is -0.680. The molecule has 104 valence electrons. The molecule has 0 aliphatic carbocycles. The summed E-state index contributed by atoms with van der Waals surface area (Å²) in [6.07, 6.45) is 2.02. The summed E-state index contributed by atoms with van der Waals surface area (Å²) in [7, 11) is 0. The molecular weight excluding hydrogens is 250 g/mol. The van der Waals surface area contributed by atoms with E-state index in [0.717, 1.165) is 32.0 Å². The summed E-state index contributed by atoms with van der Waals surface area (Å²) in [5.41, 5.74) is 0.153. The first kappa shape index (κ1) is 13.8. The van der Waals surface area contributed by atoms with Gasteiger partial charge in [-0.05, 0) is 30.9 Å². The maximum absolute atomic E-state index is 13.4. The number of likely N-dealkylation sites (tertiary alicyclic amines) is 1. The van der Waals surface area contributed by atoms with Crippen molar-refractivity contribution in [2.24, 2.45) is 5.92 Å². The normalized spacial score (nSPS) is 16.5. The molecule has 1 saturated heterocycles. The van der Waals surface area contributed by atoms with Crippen LogP contribution in [-0.4, -0.2) is 30.4 Å². The number of carbonyl (C=O) groups excluding carboxylic acids is 1. The Bertz CT molecular complexity index is 457. The number of hydrogen-bond acceptors (Lipinski definition) is 2. The fourth-order valence-corrected chi connectivity index (χ4v) is 2.17. The minimum Gasteiger partial charge on any atom is -0.374 e. The third-order valence-corrected chi connectivity index (χ3v) is 3.50. The van der Waals surface area contributed by atoms with Crippen molar-refractivity contribution in [1.82, 2.24) is 4.90 Å². The Balaban J connectivity index is 1.86. The van der Waals surface area contributed by atoms with E-state index >= 15 is 0 Å². The van der Waals surface area contributed by atoms with Crippen LogP contribution in [0.15, 0.2) is 18.2 Å². The smallest absolute Gasteiger partial charge is 0.241 e. The molecule has 0 radical (unpaired) electrons. The summed E-state index contributed by atoms with van der Waals surface area (Å²) in [5, 5.41) is 2.72. The van der Waals surface area contributed by atoms with E-state index in [1.807, 2.05) is 0 Å². The molecule has 3 nitrogen and oxygen atoms in total. The number of nitrogens with zero attached hydrogens (tertiary/aromatic N) is 1. The first-order chi connectivity index (χ1) is 9.06. The molecule has 1 aliphatic rings. The Morgan fingerprint density at radius 2 is 2.05 bits per heavy atom. The van der Waals surface area contributed by atoms with Gasteiger partial charge in [-0.3, -0.25) is 4.79 Å². The molecule has 1 aromatic rings. The van der Waals surface area contributed by atoms with Gasteiger partial charge in [0.05, 0.1) is 12.2 Å². The van der Waals surface area contributed by atoms with Gasteiger partial charge in [-0.2, -0.15) is 0 Å². The maximum atomic E-state index is 13.4. The van der Waals surface area contributed by atoms with E-state index < -0.39 is 11.6 Å². The molecule has 5 heteroatoms. The van der Waals surface area contributed by atoms with E-state index in [9.17, 15) is 13.6 Å². The highest BCUT2D eigenvalue weighted by atomic mass is 19.1. The van der Waals surface area contributed by atoms with Gasteiger partial charge in [-0.25, -0.2) is 8.78 Å². The zero-order valence-corrected chi connectivity index (χ0v) is 11.0. The lowest BCUT2D eigenvalue weighted by Crippen LogP contribution is -2.41. The number of hydrogen-bond donors (Lipinski definition) is 1. The minimum absolute atomic E-state index is 0.0386. The van der Waals surface area contributed by atoms with Crippen molar-refractivity contribution in [3.8, 4) is 0 Å². The van der Waals surface area contributed by atoms with Gasteiger partial charge < -0.3 is 10.2 Å². The average Bonchev–Trinajstić information content (AvgIpc) is 2.38. The van der Waals surface area contributed by atoms with Crippen LogP contribution in [0.3, 0.4) is 0 Å². The van der Waals surface area contributed by atoms with Crippen molar-refractivity contribution < 1.29 is 13.6 Å². The van der Waals surface area contributed by atoms with Gasteiger partial charge in [0.25, 0.3) is 0 Å². The second kappa shape index (κ2) is 5.99. The fourth-order valence-electron chi connectivity index (χ4n) is 2.17. The third kappa shape index (κ3) is 3.66. The maximum Gasteiger partial charge on any atom is 0.241 e. The number of nitrogens with one attached hydrogen (secondary N) is 1. The van der Waals surface area contributed by atoms with Crippen molar-refractivity contribution in [2.75, 3.05) is 25.0 Å². The SMILES string of the molecule is CC1CCN(C(=O)CNc2ccc(F)cc2F)CC1. The Labute approximate surface area is 111 Å². The van der Waals surface area contributed by atoms with Gasteiger partial charge in [-0.15, -0.1) is 0 Å². The highest BCUT2D eigenvalue weighted by Gasteiger charge is 2.20. The first-order valence-electron chi connectivity index (χ1n) is 6.53. The van der Waals surface area contributed by atoms with Crippen molar-refractivity contribution in [2.45, 2.75) is 19.8 Å². The first-order valence-corrected chi connectivity index (χ1v) is 6.53. The van der Waals surface area contributed by atoms with Gasteiger partial charge in [0.1, 0.15) is 11.6 Å². The summed E-state index contributed by atoms with van der Waals surface area (Å²) < 4.78 is 26.1. The van der Waals surface area contributed by atoms with E-state index in [1.54, 1.807) is 4.90 Å². The average molecular weight is 268 g/mol. The lowest BCUT2D eigenvalue weighted by atomic mass is 9.99. The van der Waals surface area contributed by atoms with Crippen LogP contribution in [0.25, 0.3) is 0 Å². The van der Waals surface area contributed by atoms with Crippen LogP contribution in [0.5, 0.6) is 0 Å². The van der Waals surface area contributed by atoms with E-state index in [-0.39, 0.29) is 18.1 Å². The predicted molar refractivity (Wildman–Crippen MR) is 69.8 cm³/mol. The molecular formula is C14H18F2N2O. The van der Waals surface area contributed by atoms with Crippen molar-refractivity contribution >= 4 is 11.6 Å². The molecule has 0 spiro atoms. The number of amides is 1. The molecule has 1 fully saturated rings. The van der Waals surface area contributed by atoms with Crippen LogP contribution in [0.1, 0.15) is 19.8 Å². The molecule has 0 unspecified atom stereocenters. The quantitative estimate of drug-likeness (QED) is 0.914. The lowest BCUT2D eigenvalue weighted by molar-refractivity contribution is -0.130. The molecule has 0 saturated carbocycles. The second-order valence-electron chi connectivity index (χ2n) is 5.04. The Kier molecular flexibility index (Phi) is 4.35. The summed E-state index contributed by atoms with van der Waals surface area (Å²) in [6.45, 7) is 3.73. The van der Waals surface area contributed by atoms with E-state index in [2.05, 4.69) is 12.2 Å². The van der Waals surface area contributed by atoms with Crippen molar-refractivity contribution in [1.29, 1.82) is 0 Å². The van der Waals surface area contributed by atoms with E-state index in [4.69, 9.17) is 0 Å². The number of halogens is 2. The number of benzene rings is 1. The van der Waals surface area contributed by atoms with Crippen molar-refractivity contribution in [3.63, 3.8) is 0 Å². The molecule has 1 N–H and O–H groups in total. The van der Waals surface area contributed by atoms with Crippen LogP contribution in [-0.2, 0) is 4.79 Å². The highest BCUT2D eigenvalue weighted by molar-refractivity contribution is 5.81. The highest BCUT2D eigenvalue weighted by Crippen LogP contribution is 2.17. The molecule has 19 heavy (non-hydrogen) atoms. The van der Waals surface area contributed by atoms with Crippen LogP contribution < -0.4 is 5.32 Å². The fraction of sp³-hybridized carbons (Fsp3) is 0.500. The molecule has 0 aromatic heterocycles. The second-order valence-corrected chi connectivity index (χ2v) is 5.04. The molecule has 2 rings (SSSR count). The lowest BCUT2D eigenvalue weighted by Gasteiger charge is -2.30. The molecule has 1 aliphatic heterocycles. The predicted octanol–water partition coefficient (Wildman–Crippen LogP) is 2.64. The van der Waals surface area contributed by atoms with Gasteiger partial charge in [0.15, 0.2) is 0 Å². The summed E-state index contributed by atoms with van der Waals surface area (Å²) in [6, 6.07) is 3.27. The zero-order chi connectivity index (χ0) is 13.8. The summed E-state index contributed by atoms with van der Waals surface area (Å²) >= 11 is 0. The van der Waals surface area contributed by atoms with Crippen LogP contribution in [0.2, 0.25) is 0 Å². The Hall–Kier alpha value is -1.65. The van der Waals surface area contributed by atoms with Crippen LogP contribution in [0, 0.1) is 17.6 Å². The van der Waals surface area contributed by atoms with E-state index in [1.165, 1.54) is 12.1 Å².